The molecule has 0 aromatic carbocycles. The molecule has 1 aliphatic heterocycles. The van der Waals surface area contributed by atoms with Gasteiger partial charge in [-0.1, -0.05) is 5.16 Å². The SMILES string of the molecule is CC(NC(=O)c1cccn1C1CCNCC1)c1ncon1. The van der Waals surface area contributed by atoms with Crippen LogP contribution in [0.15, 0.2) is 29.2 Å². The van der Waals surface area contributed by atoms with Crippen LogP contribution in [0.1, 0.15) is 48.2 Å². The van der Waals surface area contributed by atoms with Gasteiger partial charge in [0.15, 0.2) is 5.82 Å². The second-order valence-corrected chi connectivity index (χ2v) is 5.27. The topological polar surface area (TPSA) is 85.0 Å². The number of nitrogens with one attached hydrogen (secondary N) is 2. The molecule has 3 rings (SSSR count). The van der Waals surface area contributed by atoms with Gasteiger partial charge in [0.2, 0.25) is 6.39 Å². The van der Waals surface area contributed by atoms with Gasteiger partial charge in [0, 0.05) is 12.2 Å². The van der Waals surface area contributed by atoms with E-state index >= 15 is 0 Å². The molecule has 2 aromatic heterocycles. The van der Waals surface area contributed by atoms with Gasteiger partial charge in [0.25, 0.3) is 5.91 Å². The number of carbonyl (C=O) groups excluding carboxylic acids is 1. The molecule has 0 radical (unpaired) electrons. The molecule has 2 aromatic rings. The van der Waals surface area contributed by atoms with Crippen molar-refractivity contribution >= 4 is 5.91 Å². The summed E-state index contributed by atoms with van der Waals surface area (Å²) < 4.78 is 6.77. The smallest absolute Gasteiger partial charge is 0.268 e. The lowest BCUT2D eigenvalue weighted by molar-refractivity contribution is 0.0925. The van der Waals surface area contributed by atoms with Gasteiger partial charge in [0.05, 0.1) is 6.04 Å². The van der Waals surface area contributed by atoms with Crippen LogP contribution in [0.4, 0.5) is 0 Å². The lowest BCUT2D eigenvalue weighted by Crippen LogP contribution is -2.33. The lowest BCUT2D eigenvalue weighted by atomic mass is 10.1. The Balaban J connectivity index is 1.71. The molecule has 1 atom stereocenters. The van der Waals surface area contributed by atoms with Crippen LogP contribution in [0.25, 0.3) is 0 Å². The minimum absolute atomic E-state index is 0.115. The molecular formula is C14H19N5O2. The third-order valence-electron chi connectivity index (χ3n) is 3.83. The highest BCUT2D eigenvalue weighted by Crippen LogP contribution is 2.21. The Morgan fingerprint density at radius 2 is 2.33 bits per heavy atom. The van der Waals surface area contributed by atoms with Crippen molar-refractivity contribution in [2.75, 3.05) is 13.1 Å². The van der Waals surface area contributed by atoms with Gasteiger partial charge >= 0.3 is 0 Å². The maximum atomic E-state index is 12.4. The molecule has 21 heavy (non-hydrogen) atoms. The number of nitrogens with zero attached hydrogens (tertiary/aromatic N) is 3. The van der Waals surface area contributed by atoms with E-state index in [0.29, 0.717) is 17.6 Å². The molecule has 1 unspecified atom stereocenters. The van der Waals surface area contributed by atoms with E-state index in [9.17, 15) is 4.79 Å². The van der Waals surface area contributed by atoms with E-state index in [2.05, 4.69) is 25.3 Å². The summed E-state index contributed by atoms with van der Waals surface area (Å²) >= 11 is 0. The zero-order valence-corrected chi connectivity index (χ0v) is 12.0. The summed E-state index contributed by atoms with van der Waals surface area (Å²) in [5, 5.41) is 9.99. The van der Waals surface area contributed by atoms with Crippen molar-refractivity contribution in [3.05, 3.63) is 36.2 Å². The second-order valence-electron chi connectivity index (χ2n) is 5.27. The van der Waals surface area contributed by atoms with Crippen LogP contribution in [-0.4, -0.2) is 33.7 Å². The van der Waals surface area contributed by atoms with Gasteiger partial charge in [-0.15, -0.1) is 0 Å². The summed E-state index contributed by atoms with van der Waals surface area (Å²) in [6.45, 7) is 3.81. The Labute approximate surface area is 122 Å². The summed E-state index contributed by atoms with van der Waals surface area (Å²) in [7, 11) is 0. The molecule has 1 saturated heterocycles. The van der Waals surface area contributed by atoms with E-state index in [0.717, 1.165) is 25.9 Å². The molecule has 0 saturated carbocycles. The Bertz CT molecular complexity index is 586. The fourth-order valence-electron chi connectivity index (χ4n) is 2.69. The average molecular weight is 289 g/mol. The number of amides is 1. The third-order valence-corrected chi connectivity index (χ3v) is 3.83. The van der Waals surface area contributed by atoms with Crippen LogP contribution in [0.2, 0.25) is 0 Å². The van der Waals surface area contributed by atoms with Crippen molar-refractivity contribution in [2.24, 2.45) is 0 Å². The van der Waals surface area contributed by atoms with E-state index in [1.54, 1.807) is 0 Å². The molecule has 7 nitrogen and oxygen atoms in total. The van der Waals surface area contributed by atoms with E-state index < -0.39 is 0 Å². The summed E-state index contributed by atoms with van der Waals surface area (Å²) in [6.07, 6.45) is 5.31. The number of aromatic nitrogens is 3. The molecule has 2 N–H and O–H groups in total. The number of rotatable bonds is 4. The summed E-state index contributed by atoms with van der Waals surface area (Å²) in [5.74, 6) is 0.360. The van der Waals surface area contributed by atoms with Crippen molar-refractivity contribution in [2.45, 2.75) is 31.8 Å². The number of piperidine rings is 1. The van der Waals surface area contributed by atoms with Crippen LogP contribution in [0, 0.1) is 0 Å². The predicted octanol–water partition coefficient (Wildman–Crippen LogP) is 1.29. The monoisotopic (exact) mass is 289 g/mol. The maximum absolute atomic E-state index is 12.4. The minimum atomic E-state index is -0.285. The first-order valence-corrected chi connectivity index (χ1v) is 7.20. The van der Waals surface area contributed by atoms with Gasteiger partial charge in [-0.05, 0) is 45.0 Å². The highest BCUT2D eigenvalue weighted by Gasteiger charge is 2.21. The molecule has 0 bridgehead atoms. The largest absolute Gasteiger partial charge is 0.343 e. The molecule has 7 heteroatoms. The molecule has 0 aliphatic carbocycles. The normalized spacial score (nSPS) is 17.6. The van der Waals surface area contributed by atoms with Crippen molar-refractivity contribution in [3.63, 3.8) is 0 Å². The maximum Gasteiger partial charge on any atom is 0.268 e. The highest BCUT2D eigenvalue weighted by atomic mass is 16.5. The minimum Gasteiger partial charge on any atom is -0.343 e. The molecule has 1 fully saturated rings. The lowest BCUT2D eigenvalue weighted by Gasteiger charge is -2.26. The van der Waals surface area contributed by atoms with Gasteiger partial charge in [-0.3, -0.25) is 4.79 Å². The number of carbonyl (C=O) groups is 1. The first-order chi connectivity index (χ1) is 10.3. The van der Waals surface area contributed by atoms with E-state index in [1.807, 2.05) is 25.3 Å². The predicted molar refractivity (Wildman–Crippen MR) is 75.8 cm³/mol. The van der Waals surface area contributed by atoms with Gasteiger partial charge in [0.1, 0.15) is 5.69 Å². The van der Waals surface area contributed by atoms with Crippen molar-refractivity contribution in [1.82, 2.24) is 25.3 Å². The van der Waals surface area contributed by atoms with E-state index in [4.69, 9.17) is 4.52 Å². The van der Waals surface area contributed by atoms with Crippen LogP contribution < -0.4 is 10.6 Å². The van der Waals surface area contributed by atoms with Gasteiger partial charge in [-0.25, -0.2) is 0 Å². The van der Waals surface area contributed by atoms with Crippen LogP contribution in [0.5, 0.6) is 0 Å². The number of hydrogen-bond donors (Lipinski definition) is 2. The van der Waals surface area contributed by atoms with E-state index in [-0.39, 0.29) is 11.9 Å². The van der Waals surface area contributed by atoms with Gasteiger partial charge < -0.3 is 19.7 Å². The first-order valence-electron chi connectivity index (χ1n) is 7.20. The van der Waals surface area contributed by atoms with Crippen LogP contribution in [0.3, 0.4) is 0 Å². The zero-order valence-electron chi connectivity index (χ0n) is 12.0. The van der Waals surface area contributed by atoms with Crippen molar-refractivity contribution in [3.8, 4) is 0 Å². The molecule has 3 heterocycles. The van der Waals surface area contributed by atoms with Crippen molar-refractivity contribution < 1.29 is 9.32 Å². The molecule has 1 amide bonds. The Morgan fingerprint density at radius 3 is 3.05 bits per heavy atom. The first kappa shape index (κ1) is 13.8. The molecule has 112 valence electrons. The summed E-state index contributed by atoms with van der Waals surface area (Å²) in [4.78, 5) is 16.4. The Kier molecular flexibility index (Phi) is 4.01. The number of hydrogen-bond acceptors (Lipinski definition) is 5. The zero-order chi connectivity index (χ0) is 14.7. The summed E-state index contributed by atoms with van der Waals surface area (Å²) in [5.41, 5.74) is 0.678. The fraction of sp³-hybridized carbons (Fsp3) is 0.500. The fourth-order valence-corrected chi connectivity index (χ4v) is 2.69. The molecular weight excluding hydrogens is 270 g/mol. The van der Waals surface area contributed by atoms with Gasteiger partial charge in [-0.2, -0.15) is 4.98 Å². The standard InChI is InChI=1S/C14H19N5O2/c1-10(13-16-9-21-18-13)17-14(20)12-3-2-8-19(12)11-4-6-15-7-5-11/h2-3,8-11,15H,4-7H2,1H3,(H,17,20). The Morgan fingerprint density at radius 1 is 1.52 bits per heavy atom. The third kappa shape index (κ3) is 2.97. The average Bonchev–Trinajstić information content (AvgIpc) is 3.19. The molecule has 1 aliphatic rings. The van der Waals surface area contributed by atoms with Crippen molar-refractivity contribution in [1.29, 1.82) is 0 Å². The quantitative estimate of drug-likeness (QED) is 0.886. The summed E-state index contributed by atoms with van der Waals surface area (Å²) in [6, 6.07) is 3.85. The van der Waals surface area contributed by atoms with E-state index in [1.165, 1.54) is 6.39 Å². The Hall–Kier alpha value is -2.15. The van der Waals surface area contributed by atoms with Crippen LogP contribution in [-0.2, 0) is 0 Å². The highest BCUT2D eigenvalue weighted by molar-refractivity contribution is 5.93. The molecule has 0 spiro atoms. The van der Waals surface area contributed by atoms with Crippen LogP contribution >= 0.6 is 0 Å². The second kappa shape index (κ2) is 6.09.